The third-order valence-electron chi connectivity index (χ3n) is 3.82. The van der Waals surface area contributed by atoms with Gasteiger partial charge in [0.05, 0.1) is 7.11 Å². The summed E-state index contributed by atoms with van der Waals surface area (Å²) in [7, 11) is 1.55. The first kappa shape index (κ1) is 17.7. The Kier molecular flexibility index (Phi) is 5.04. The van der Waals surface area contributed by atoms with Crippen LogP contribution in [0.5, 0.6) is 5.75 Å². The van der Waals surface area contributed by atoms with Gasteiger partial charge in [-0.3, -0.25) is 14.9 Å². The molecule has 0 unspecified atom stereocenters. The zero-order valence-corrected chi connectivity index (χ0v) is 14.5. The molecule has 0 saturated heterocycles. The molecule has 2 aromatic rings. The zero-order valence-electron chi connectivity index (χ0n) is 13.7. The molecule has 0 heterocycles. The highest BCUT2D eigenvalue weighted by atomic mass is 35.5. The molecule has 2 aromatic carbocycles. The number of allylic oxidation sites excluding steroid dienone is 2. The van der Waals surface area contributed by atoms with Crippen molar-refractivity contribution in [3.63, 3.8) is 0 Å². The number of halogens is 1. The number of benzene rings is 2. The SMILES string of the molecule is COc1ccc(COC(=O)NC2=C(Cl)C(=O)c3ccccc3C2=O)cc1. The second-order valence-electron chi connectivity index (χ2n) is 5.44. The smallest absolute Gasteiger partial charge is 0.412 e. The lowest BCUT2D eigenvalue weighted by molar-refractivity contribution is 0.0968. The molecule has 26 heavy (non-hydrogen) atoms. The molecular formula is C19H14ClNO5. The summed E-state index contributed by atoms with van der Waals surface area (Å²) in [5.74, 6) is -0.376. The fourth-order valence-electron chi connectivity index (χ4n) is 2.47. The number of fused-ring (bicyclic) bond motifs is 1. The molecule has 132 valence electrons. The molecule has 0 aromatic heterocycles. The summed E-state index contributed by atoms with van der Waals surface area (Å²) in [5, 5.41) is 1.94. The zero-order chi connectivity index (χ0) is 18.7. The van der Waals surface area contributed by atoms with Crippen molar-refractivity contribution in [3.8, 4) is 5.75 Å². The van der Waals surface area contributed by atoms with Gasteiger partial charge < -0.3 is 9.47 Å². The summed E-state index contributed by atoms with van der Waals surface area (Å²) < 4.78 is 10.1. The van der Waals surface area contributed by atoms with Gasteiger partial charge in [0.1, 0.15) is 23.1 Å². The van der Waals surface area contributed by atoms with Crippen molar-refractivity contribution in [2.24, 2.45) is 0 Å². The number of hydrogen-bond donors (Lipinski definition) is 1. The molecule has 3 rings (SSSR count). The van der Waals surface area contributed by atoms with Crippen molar-refractivity contribution >= 4 is 29.3 Å². The number of amides is 1. The second kappa shape index (κ2) is 7.41. The van der Waals surface area contributed by atoms with E-state index in [1.54, 1.807) is 43.5 Å². The molecule has 0 atom stereocenters. The number of alkyl carbamates (subject to hydrolysis) is 1. The number of carbonyl (C=O) groups is 3. The van der Waals surface area contributed by atoms with E-state index < -0.39 is 17.7 Å². The minimum Gasteiger partial charge on any atom is -0.497 e. The van der Waals surface area contributed by atoms with Gasteiger partial charge in [0, 0.05) is 11.1 Å². The third-order valence-corrected chi connectivity index (χ3v) is 4.18. The predicted octanol–water partition coefficient (Wildman–Crippen LogP) is 3.45. The molecule has 1 aliphatic rings. The minimum atomic E-state index is -0.880. The van der Waals surface area contributed by atoms with Crippen LogP contribution in [-0.2, 0) is 11.3 Å². The van der Waals surface area contributed by atoms with Gasteiger partial charge in [0.25, 0.3) is 0 Å². The number of rotatable bonds is 4. The van der Waals surface area contributed by atoms with E-state index in [9.17, 15) is 14.4 Å². The first-order valence-electron chi connectivity index (χ1n) is 7.66. The Morgan fingerprint density at radius 2 is 1.62 bits per heavy atom. The van der Waals surface area contributed by atoms with E-state index in [1.807, 2.05) is 0 Å². The Hall–Kier alpha value is -3.12. The van der Waals surface area contributed by atoms with E-state index in [4.69, 9.17) is 21.1 Å². The van der Waals surface area contributed by atoms with E-state index in [0.717, 1.165) is 5.56 Å². The van der Waals surface area contributed by atoms with Crippen LogP contribution in [-0.4, -0.2) is 24.8 Å². The van der Waals surface area contributed by atoms with Gasteiger partial charge in [-0.1, -0.05) is 48.0 Å². The van der Waals surface area contributed by atoms with Crippen molar-refractivity contribution < 1.29 is 23.9 Å². The average Bonchev–Trinajstić information content (AvgIpc) is 2.68. The van der Waals surface area contributed by atoms with Gasteiger partial charge in [0.2, 0.25) is 11.6 Å². The minimum absolute atomic E-state index is 0.0144. The van der Waals surface area contributed by atoms with Crippen molar-refractivity contribution in [2.45, 2.75) is 6.61 Å². The van der Waals surface area contributed by atoms with Crippen LogP contribution < -0.4 is 10.1 Å². The van der Waals surface area contributed by atoms with Gasteiger partial charge in [-0.15, -0.1) is 0 Å². The van der Waals surface area contributed by atoms with Gasteiger partial charge in [0.15, 0.2) is 0 Å². The van der Waals surface area contributed by atoms with Crippen LogP contribution in [0.3, 0.4) is 0 Å². The van der Waals surface area contributed by atoms with Crippen LogP contribution in [0.25, 0.3) is 0 Å². The number of methoxy groups -OCH3 is 1. The summed E-state index contributed by atoms with van der Waals surface area (Å²) in [4.78, 5) is 36.7. The molecule has 1 N–H and O–H groups in total. The van der Waals surface area contributed by atoms with E-state index in [-0.39, 0.29) is 28.5 Å². The lowest BCUT2D eigenvalue weighted by Crippen LogP contribution is -2.33. The molecule has 0 spiro atoms. The number of ether oxygens (including phenoxy) is 2. The maximum atomic E-state index is 12.5. The van der Waals surface area contributed by atoms with Crippen LogP contribution in [0, 0.1) is 0 Å². The molecular weight excluding hydrogens is 358 g/mol. The fourth-order valence-corrected chi connectivity index (χ4v) is 2.70. The Morgan fingerprint density at radius 3 is 2.23 bits per heavy atom. The molecule has 1 aliphatic carbocycles. The van der Waals surface area contributed by atoms with Gasteiger partial charge >= 0.3 is 6.09 Å². The summed E-state index contributed by atoms with van der Waals surface area (Å²) in [6.45, 7) is -0.0144. The van der Waals surface area contributed by atoms with Crippen LogP contribution in [0.2, 0.25) is 0 Å². The van der Waals surface area contributed by atoms with Crippen molar-refractivity contribution in [1.29, 1.82) is 0 Å². The van der Waals surface area contributed by atoms with Gasteiger partial charge in [-0.05, 0) is 17.7 Å². The highest BCUT2D eigenvalue weighted by Crippen LogP contribution is 2.27. The largest absolute Gasteiger partial charge is 0.497 e. The van der Waals surface area contributed by atoms with Crippen molar-refractivity contribution in [3.05, 3.63) is 76.0 Å². The number of Topliss-reactive ketones (excluding diaryl/α,β-unsaturated/α-hetero) is 2. The molecule has 0 radical (unpaired) electrons. The van der Waals surface area contributed by atoms with E-state index in [1.165, 1.54) is 12.1 Å². The molecule has 7 heteroatoms. The molecule has 6 nitrogen and oxygen atoms in total. The summed E-state index contributed by atoms with van der Waals surface area (Å²) in [5.41, 5.74) is 0.847. The Labute approximate surface area is 154 Å². The molecule has 0 aliphatic heterocycles. The predicted molar refractivity (Wildman–Crippen MR) is 94.3 cm³/mol. The summed E-state index contributed by atoms with van der Waals surface area (Å²) in [6.07, 6.45) is -0.880. The van der Waals surface area contributed by atoms with Crippen LogP contribution in [0.1, 0.15) is 26.3 Å². The Morgan fingerprint density at radius 1 is 1.00 bits per heavy atom. The highest BCUT2D eigenvalue weighted by Gasteiger charge is 2.32. The quantitative estimate of drug-likeness (QED) is 0.890. The number of nitrogens with one attached hydrogen (secondary N) is 1. The Bertz CT molecular complexity index is 918. The number of ketones is 2. The van der Waals surface area contributed by atoms with E-state index in [2.05, 4.69) is 5.32 Å². The maximum absolute atomic E-state index is 12.5. The maximum Gasteiger partial charge on any atom is 0.412 e. The normalized spacial score (nSPS) is 13.3. The monoisotopic (exact) mass is 371 g/mol. The average molecular weight is 372 g/mol. The van der Waals surface area contributed by atoms with E-state index in [0.29, 0.717) is 5.75 Å². The fraction of sp³-hybridized carbons (Fsp3) is 0.105. The van der Waals surface area contributed by atoms with Crippen LogP contribution in [0.15, 0.2) is 59.3 Å². The first-order chi connectivity index (χ1) is 12.5. The van der Waals surface area contributed by atoms with Crippen molar-refractivity contribution in [1.82, 2.24) is 5.32 Å². The van der Waals surface area contributed by atoms with Crippen molar-refractivity contribution in [2.75, 3.05) is 7.11 Å². The lowest BCUT2D eigenvalue weighted by Gasteiger charge is -2.18. The van der Waals surface area contributed by atoms with Gasteiger partial charge in [-0.25, -0.2) is 4.79 Å². The highest BCUT2D eigenvalue weighted by molar-refractivity contribution is 6.50. The second-order valence-corrected chi connectivity index (χ2v) is 5.82. The topological polar surface area (TPSA) is 81.7 Å². The van der Waals surface area contributed by atoms with Crippen LogP contribution >= 0.6 is 11.6 Å². The lowest BCUT2D eigenvalue weighted by atomic mass is 9.92. The van der Waals surface area contributed by atoms with Crippen LogP contribution in [0.4, 0.5) is 4.79 Å². The molecule has 1 amide bonds. The van der Waals surface area contributed by atoms with E-state index >= 15 is 0 Å². The first-order valence-corrected chi connectivity index (χ1v) is 8.04. The summed E-state index contributed by atoms with van der Waals surface area (Å²) >= 11 is 5.98. The number of hydrogen-bond acceptors (Lipinski definition) is 5. The molecule has 0 saturated carbocycles. The molecule has 0 bridgehead atoms. The standard InChI is InChI=1S/C19H14ClNO5/c1-25-12-8-6-11(7-9-12)10-26-19(24)21-16-15(20)17(22)13-4-2-3-5-14(13)18(16)23/h2-9H,10H2,1H3,(H,21,24). The third kappa shape index (κ3) is 3.45. The summed E-state index contributed by atoms with van der Waals surface area (Å²) in [6, 6.07) is 13.2. The molecule has 0 fully saturated rings. The van der Waals surface area contributed by atoms with Gasteiger partial charge in [-0.2, -0.15) is 0 Å². The number of carbonyl (C=O) groups excluding carboxylic acids is 3. The Balaban J connectivity index is 1.69.